The Morgan fingerprint density at radius 2 is 1.83 bits per heavy atom. The van der Waals surface area contributed by atoms with Gasteiger partial charge in [0.25, 0.3) is 0 Å². The number of aliphatic hydroxyl groups is 1. The van der Waals surface area contributed by atoms with Crippen LogP contribution in [0.25, 0.3) is 0 Å². The van der Waals surface area contributed by atoms with Crippen molar-refractivity contribution in [3.05, 3.63) is 0 Å². The highest BCUT2D eigenvalue weighted by Crippen LogP contribution is 2.25. The van der Waals surface area contributed by atoms with E-state index in [1.54, 1.807) is 0 Å². The minimum Gasteiger partial charge on any atom is -0.395 e. The number of hydrogen-bond donors (Lipinski definition) is 1. The van der Waals surface area contributed by atoms with Crippen molar-refractivity contribution < 1.29 is 5.11 Å². The molecule has 0 atom stereocenters. The minimum absolute atomic E-state index is 0.206. The second-order valence-electron chi connectivity index (χ2n) is 3.54. The summed E-state index contributed by atoms with van der Waals surface area (Å²) < 4.78 is 0. The van der Waals surface area contributed by atoms with Gasteiger partial charge in [0.1, 0.15) is 0 Å². The summed E-state index contributed by atoms with van der Waals surface area (Å²) in [4.78, 5) is 0. The molecule has 0 spiro atoms. The lowest BCUT2D eigenvalue weighted by Crippen LogP contribution is -2.04. The summed E-state index contributed by atoms with van der Waals surface area (Å²) in [7, 11) is 0. The molecule has 0 heterocycles. The van der Waals surface area contributed by atoms with Gasteiger partial charge in [-0.15, -0.1) is 11.8 Å². The molecule has 68 valence electrons. The van der Waals surface area contributed by atoms with Gasteiger partial charge < -0.3 is 5.11 Å². The number of rotatable bonds is 2. The molecule has 0 bridgehead atoms. The Labute approximate surface area is 75.2 Å². The second kappa shape index (κ2) is 6.08. The predicted octanol–water partition coefficient (Wildman–Crippen LogP) is 2.34. The van der Waals surface area contributed by atoms with Gasteiger partial charge in [-0.3, -0.25) is 0 Å². The molecule has 0 aromatic rings. The summed E-state index contributed by atoms with van der Waals surface area (Å²) in [5.74, 6) is 6.98. The van der Waals surface area contributed by atoms with Crippen molar-refractivity contribution in [1.82, 2.24) is 0 Å². The molecule has 0 radical (unpaired) electrons. The first-order chi connectivity index (χ1) is 5.93. The smallest absolute Gasteiger partial charge is 0.0540 e. The fourth-order valence-corrected chi connectivity index (χ4v) is 1.75. The van der Waals surface area contributed by atoms with Crippen molar-refractivity contribution in [3.63, 3.8) is 0 Å². The van der Waals surface area contributed by atoms with Gasteiger partial charge in [-0.05, 0) is 18.8 Å². The highest BCUT2D eigenvalue weighted by Gasteiger charge is 2.11. The van der Waals surface area contributed by atoms with Crippen LogP contribution in [0.1, 0.15) is 44.9 Å². The lowest BCUT2D eigenvalue weighted by atomic mass is 9.87. The normalized spacial score (nSPS) is 18.4. The molecule has 1 aliphatic carbocycles. The molecule has 1 saturated carbocycles. The molecule has 0 unspecified atom stereocenters. The Bertz CT molecular complexity index is 158. The fourth-order valence-electron chi connectivity index (χ4n) is 1.75. The van der Waals surface area contributed by atoms with E-state index in [9.17, 15) is 0 Å². The van der Waals surface area contributed by atoms with Crippen molar-refractivity contribution in [3.8, 4) is 11.8 Å². The van der Waals surface area contributed by atoms with E-state index in [0.717, 1.165) is 12.3 Å². The van der Waals surface area contributed by atoms with Crippen LogP contribution in [0, 0.1) is 17.8 Å². The Balaban J connectivity index is 2.09. The molecule has 0 saturated heterocycles. The van der Waals surface area contributed by atoms with Crippen molar-refractivity contribution in [1.29, 1.82) is 0 Å². The Kier molecular flexibility index (Phi) is 4.87. The fraction of sp³-hybridized carbons (Fsp3) is 0.818. The van der Waals surface area contributed by atoms with Crippen LogP contribution in [0.4, 0.5) is 0 Å². The molecule has 0 aromatic carbocycles. The molecule has 0 aromatic heterocycles. The summed E-state index contributed by atoms with van der Waals surface area (Å²) in [6, 6.07) is 0. The zero-order valence-electron chi connectivity index (χ0n) is 7.68. The third-order valence-corrected chi connectivity index (χ3v) is 2.48. The van der Waals surface area contributed by atoms with Gasteiger partial charge in [0.2, 0.25) is 0 Å². The molecule has 1 aliphatic rings. The van der Waals surface area contributed by atoms with Gasteiger partial charge in [-0.25, -0.2) is 0 Å². The van der Waals surface area contributed by atoms with Crippen molar-refractivity contribution in [2.45, 2.75) is 44.9 Å². The number of aliphatic hydroxyl groups excluding tert-OH is 1. The molecule has 0 amide bonds. The van der Waals surface area contributed by atoms with Gasteiger partial charge in [0, 0.05) is 12.8 Å². The highest BCUT2D eigenvalue weighted by atomic mass is 16.2. The topological polar surface area (TPSA) is 20.2 Å². The van der Waals surface area contributed by atoms with Crippen LogP contribution in [0.15, 0.2) is 0 Å². The first-order valence-electron chi connectivity index (χ1n) is 5.00. The van der Waals surface area contributed by atoms with Gasteiger partial charge in [0.05, 0.1) is 6.61 Å². The average Bonchev–Trinajstić information content (AvgIpc) is 2.14. The first kappa shape index (κ1) is 9.61. The van der Waals surface area contributed by atoms with E-state index in [0.29, 0.717) is 6.42 Å². The first-order valence-corrected chi connectivity index (χ1v) is 5.00. The van der Waals surface area contributed by atoms with E-state index < -0.39 is 0 Å². The second-order valence-corrected chi connectivity index (χ2v) is 3.54. The molecule has 1 fully saturated rings. The van der Waals surface area contributed by atoms with E-state index in [1.165, 1.54) is 32.1 Å². The average molecular weight is 166 g/mol. The Morgan fingerprint density at radius 3 is 2.50 bits per heavy atom. The standard InChI is InChI=1S/C11H18O/c12-10-6-2-5-9-11-7-3-1-4-8-11/h11-12H,1,3-4,6-10H2. The van der Waals surface area contributed by atoms with E-state index >= 15 is 0 Å². The maximum atomic E-state index is 8.50. The van der Waals surface area contributed by atoms with Crippen molar-refractivity contribution in [2.75, 3.05) is 6.61 Å². The van der Waals surface area contributed by atoms with Crippen LogP contribution < -0.4 is 0 Å². The molecular weight excluding hydrogens is 148 g/mol. The summed E-state index contributed by atoms with van der Waals surface area (Å²) in [6.45, 7) is 0.206. The quantitative estimate of drug-likeness (QED) is 0.624. The molecule has 1 N–H and O–H groups in total. The number of hydrogen-bond acceptors (Lipinski definition) is 1. The third-order valence-electron chi connectivity index (χ3n) is 2.48. The van der Waals surface area contributed by atoms with Crippen LogP contribution in [-0.2, 0) is 0 Å². The lowest BCUT2D eigenvalue weighted by molar-refractivity contribution is 0.305. The molecule has 1 rings (SSSR count). The van der Waals surface area contributed by atoms with E-state index in [2.05, 4.69) is 11.8 Å². The van der Waals surface area contributed by atoms with Crippen molar-refractivity contribution in [2.24, 2.45) is 5.92 Å². The van der Waals surface area contributed by atoms with Crippen LogP contribution in [0.2, 0.25) is 0 Å². The van der Waals surface area contributed by atoms with Crippen LogP contribution in [0.3, 0.4) is 0 Å². The third kappa shape index (κ3) is 3.78. The van der Waals surface area contributed by atoms with E-state index in [1.807, 2.05) is 0 Å². The molecular formula is C11H18O. The minimum atomic E-state index is 0.206. The van der Waals surface area contributed by atoms with Gasteiger partial charge >= 0.3 is 0 Å². The van der Waals surface area contributed by atoms with E-state index in [-0.39, 0.29) is 6.61 Å². The van der Waals surface area contributed by atoms with E-state index in [4.69, 9.17) is 5.11 Å². The Hall–Kier alpha value is -0.480. The molecule has 1 nitrogen and oxygen atoms in total. The monoisotopic (exact) mass is 166 g/mol. The molecule has 12 heavy (non-hydrogen) atoms. The molecule has 0 aliphatic heterocycles. The van der Waals surface area contributed by atoms with Gasteiger partial charge in [-0.1, -0.05) is 19.3 Å². The van der Waals surface area contributed by atoms with Gasteiger partial charge in [-0.2, -0.15) is 0 Å². The van der Waals surface area contributed by atoms with Crippen LogP contribution in [-0.4, -0.2) is 11.7 Å². The SMILES string of the molecule is OCCC#CCC1CCCCC1. The Morgan fingerprint density at radius 1 is 1.08 bits per heavy atom. The zero-order valence-corrected chi connectivity index (χ0v) is 7.68. The summed E-state index contributed by atoms with van der Waals surface area (Å²) in [5, 5.41) is 8.50. The summed E-state index contributed by atoms with van der Waals surface area (Å²) >= 11 is 0. The highest BCUT2D eigenvalue weighted by molar-refractivity contribution is 5.00. The summed E-state index contributed by atoms with van der Waals surface area (Å²) in [6.07, 6.45) is 8.65. The maximum absolute atomic E-state index is 8.50. The van der Waals surface area contributed by atoms with Crippen molar-refractivity contribution >= 4 is 0 Å². The lowest BCUT2D eigenvalue weighted by Gasteiger charge is -2.18. The maximum Gasteiger partial charge on any atom is 0.0540 e. The zero-order chi connectivity index (χ0) is 8.65. The largest absolute Gasteiger partial charge is 0.395 e. The predicted molar refractivity (Wildman–Crippen MR) is 50.7 cm³/mol. The van der Waals surface area contributed by atoms with Gasteiger partial charge in [0.15, 0.2) is 0 Å². The summed E-state index contributed by atoms with van der Waals surface area (Å²) in [5.41, 5.74) is 0. The van der Waals surface area contributed by atoms with Crippen LogP contribution in [0.5, 0.6) is 0 Å². The van der Waals surface area contributed by atoms with Crippen LogP contribution >= 0.6 is 0 Å². The molecule has 1 heteroatoms.